The molecule has 0 aromatic heterocycles. The molecule has 0 saturated heterocycles. The number of rotatable bonds is 16. The summed E-state index contributed by atoms with van der Waals surface area (Å²) >= 11 is 0. The summed E-state index contributed by atoms with van der Waals surface area (Å²) in [5, 5.41) is 1.64. The third-order valence-electron chi connectivity index (χ3n) is 6.86. The summed E-state index contributed by atoms with van der Waals surface area (Å²) in [6, 6.07) is 24.7. The van der Waals surface area contributed by atoms with Gasteiger partial charge in [0.15, 0.2) is 0 Å². The van der Waals surface area contributed by atoms with Gasteiger partial charge in [-0.2, -0.15) is 0 Å². The zero-order chi connectivity index (χ0) is 34.5. The van der Waals surface area contributed by atoms with Crippen molar-refractivity contribution in [3.8, 4) is 23.0 Å². The Morgan fingerprint density at radius 3 is 1.23 bits per heavy atom. The van der Waals surface area contributed by atoms with Gasteiger partial charge < -0.3 is 28.4 Å². The van der Waals surface area contributed by atoms with Gasteiger partial charge in [0.1, 0.15) is 23.0 Å². The second-order valence-corrected chi connectivity index (χ2v) is 10.9. The average molecular weight is 653 g/mol. The minimum atomic E-state index is -0.523. The van der Waals surface area contributed by atoms with Crippen LogP contribution in [-0.2, 0) is 41.5 Å². The van der Waals surface area contributed by atoms with Crippen LogP contribution in [0.4, 0.5) is 0 Å². The van der Waals surface area contributed by atoms with Crippen molar-refractivity contribution in [3.05, 3.63) is 120 Å². The number of carbonyl (C=O) groups is 4. The molecule has 0 aliphatic rings. The summed E-state index contributed by atoms with van der Waals surface area (Å²) in [6.07, 6.45) is 1.30. The van der Waals surface area contributed by atoms with Crippen LogP contribution in [0.5, 0.6) is 23.0 Å². The molecule has 48 heavy (non-hydrogen) atoms. The van der Waals surface area contributed by atoms with E-state index >= 15 is 0 Å². The first-order valence-corrected chi connectivity index (χ1v) is 15.1. The summed E-state index contributed by atoms with van der Waals surface area (Å²) in [5.74, 6) is 0.0810. The monoisotopic (exact) mass is 652 g/mol. The minimum absolute atomic E-state index is 0.175. The van der Waals surface area contributed by atoms with E-state index in [0.29, 0.717) is 47.0 Å². The number of hydrogen-bond acceptors (Lipinski definition) is 10. The van der Waals surface area contributed by atoms with Gasteiger partial charge >= 0.3 is 23.9 Å². The van der Waals surface area contributed by atoms with Crippen molar-refractivity contribution in [1.29, 1.82) is 0 Å². The Balaban J connectivity index is 1.19. The summed E-state index contributed by atoms with van der Waals surface area (Å²) in [4.78, 5) is 47.8. The molecule has 0 radical (unpaired) electrons. The van der Waals surface area contributed by atoms with Crippen LogP contribution in [0.15, 0.2) is 109 Å². The van der Waals surface area contributed by atoms with Crippen molar-refractivity contribution in [2.24, 2.45) is 0 Å². The van der Waals surface area contributed by atoms with E-state index < -0.39 is 11.9 Å². The molecule has 0 bridgehead atoms. The van der Waals surface area contributed by atoms with Crippen molar-refractivity contribution in [1.82, 2.24) is 0 Å². The van der Waals surface area contributed by atoms with E-state index in [-0.39, 0.29) is 38.4 Å². The van der Waals surface area contributed by atoms with E-state index in [1.807, 2.05) is 24.3 Å². The van der Waals surface area contributed by atoms with E-state index in [1.165, 1.54) is 0 Å². The Morgan fingerprint density at radius 1 is 0.521 bits per heavy atom. The highest BCUT2D eigenvalue weighted by molar-refractivity contribution is 5.88. The Morgan fingerprint density at radius 2 is 0.875 bits per heavy atom. The molecule has 10 nitrogen and oxygen atoms in total. The molecule has 0 amide bonds. The highest BCUT2D eigenvalue weighted by Gasteiger charge is 2.10. The fourth-order valence-corrected chi connectivity index (χ4v) is 4.24. The summed E-state index contributed by atoms with van der Waals surface area (Å²) < 4.78 is 31.7. The quantitative estimate of drug-likeness (QED) is 0.0551. The molecular formula is C38H36O10. The molecule has 4 aromatic carbocycles. The van der Waals surface area contributed by atoms with Gasteiger partial charge in [-0.1, -0.05) is 49.6 Å². The number of ether oxygens (including phenoxy) is 6. The predicted molar refractivity (Wildman–Crippen MR) is 178 cm³/mol. The molecule has 10 heteroatoms. The van der Waals surface area contributed by atoms with Crippen LogP contribution in [0.2, 0.25) is 0 Å². The first-order valence-electron chi connectivity index (χ1n) is 15.1. The molecule has 0 unspecified atom stereocenters. The van der Waals surface area contributed by atoms with Gasteiger partial charge in [0, 0.05) is 24.0 Å². The largest absolute Gasteiger partial charge is 0.457 e. The van der Waals surface area contributed by atoms with Gasteiger partial charge in [0.05, 0.1) is 0 Å². The van der Waals surface area contributed by atoms with Crippen LogP contribution in [0.3, 0.4) is 0 Å². The first kappa shape index (κ1) is 35.0. The molecule has 0 aliphatic carbocycles. The minimum Gasteiger partial charge on any atom is -0.457 e. The van der Waals surface area contributed by atoms with Crippen molar-refractivity contribution in [2.45, 2.75) is 39.5 Å². The molecule has 0 saturated carbocycles. The van der Waals surface area contributed by atoms with Crippen LogP contribution in [0.25, 0.3) is 10.8 Å². The Kier molecular flexibility index (Phi) is 12.5. The molecule has 4 rings (SSSR count). The number of carbonyl (C=O) groups excluding carboxylic acids is 4. The zero-order valence-electron chi connectivity index (χ0n) is 26.8. The van der Waals surface area contributed by atoms with Gasteiger partial charge in [-0.25, -0.2) is 9.59 Å². The molecule has 4 aromatic rings. The second kappa shape index (κ2) is 17.1. The van der Waals surface area contributed by atoms with Gasteiger partial charge in [0.2, 0.25) is 13.6 Å². The van der Waals surface area contributed by atoms with Crippen molar-refractivity contribution >= 4 is 34.6 Å². The van der Waals surface area contributed by atoms with Crippen molar-refractivity contribution < 1.29 is 47.6 Å². The normalized spacial score (nSPS) is 10.5. The van der Waals surface area contributed by atoms with E-state index in [9.17, 15) is 19.2 Å². The van der Waals surface area contributed by atoms with Crippen LogP contribution in [-0.4, -0.2) is 37.5 Å². The molecule has 0 heterocycles. The number of benzene rings is 4. The van der Waals surface area contributed by atoms with E-state index in [0.717, 1.165) is 21.9 Å². The molecule has 248 valence electrons. The maximum atomic E-state index is 12.5. The number of aryl methyl sites for hydroxylation is 2. The Hall–Kier alpha value is -5.90. The summed E-state index contributed by atoms with van der Waals surface area (Å²) in [5.41, 5.74) is 2.42. The van der Waals surface area contributed by atoms with Gasteiger partial charge in [0.25, 0.3) is 0 Å². The molecule has 0 atom stereocenters. The highest BCUT2D eigenvalue weighted by atomic mass is 16.7. The molecule has 0 fully saturated rings. The number of hydrogen-bond donors (Lipinski definition) is 0. The Bertz CT molecular complexity index is 1660. The standard InChI is InChI=1S/C38H36O10/c1-25(2)37(41)45-23-43-31-13-5-27(6-14-31)9-19-35(39)47-33-17-11-30-22-34(18-12-29(30)21-33)48-36(40)20-10-28-7-15-32(16-8-28)44-24-46-38(42)26(3)4/h5-8,11-18,21-22H,1,3,9-10,19-20,23-24H2,2,4H3. The smallest absolute Gasteiger partial charge is 0.335 e. The lowest BCUT2D eigenvalue weighted by Gasteiger charge is -2.09. The fourth-order valence-electron chi connectivity index (χ4n) is 4.24. The maximum Gasteiger partial charge on any atom is 0.335 e. The van der Waals surface area contributed by atoms with Crippen molar-refractivity contribution in [2.75, 3.05) is 13.6 Å². The molecule has 0 N–H and O–H groups in total. The maximum absolute atomic E-state index is 12.5. The summed E-state index contributed by atoms with van der Waals surface area (Å²) in [6.45, 7) is 9.69. The number of fused-ring (bicyclic) bond motifs is 1. The lowest BCUT2D eigenvalue weighted by molar-refractivity contribution is -0.146. The Labute approximate surface area is 278 Å². The third-order valence-corrected chi connectivity index (χ3v) is 6.86. The molecular weight excluding hydrogens is 616 g/mol. The highest BCUT2D eigenvalue weighted by Crippen LogP contribution is 2.26. The fraction of sp³-hybridized carbons (Fsp3) is 0.211. The topological polar surface area (TPSA) is 124 Å². The van der Waals surface area contributed by atoms with E-state index in [4.69, 9.17) is 28.4 Å². The van der Waals surface area contributed by atoms with Gasteiger partial charge in [-0.15, -0.1) is 0 Å². The zero-order valence-corrected chi connectivity index (χ0v) is 26.8. The lowest BCUT2D eigenvalue weighted by Crippen LogP contribution is -2.11. The number of esters is 4. The third kappa shape index (κ3) is 11.2. The second-order valence-electron chi connectivity index (χ2n) is 10.9. The molecule has 0 spiro atoms. The van der Waals surface area contributed by atoms with E-state index in [1.54, 1.807) is 74.5 Å². The first-order chi connectivity index (χ1) is 23.0. The van der Waals surface area contributed by atoms with Crippen LogP contribution in [0, 0.1) is 0 Å². The average Bonchev–Trinajstić information content (AvgIpc) is 3.07. The van der Waals surface area contributed by atoms with Crippen molar-refractivity contribution in [3.63, 3.8) is 0 Å². The molecule has 0 aliphatic heterocycles. The predicted octanol–water partition coefficient (Wildman–Crippen LogP) is 6.83. The SMILES string of the molecule is C=C(C)C(=O)OCOc1ccc(CCC(=O)Oc2ccc3cc(OC(=O)CCc4ccc(OCOC(=O)C(=C)C)cc4)ccc3c2)cc1. The van der Waals surface area contributed by atoms with E-state index in [2.05, 4.69) is 13.2 Å². The lowest BCUT2D eigenvalue weighted by atomic mass is 10.1. The van der Waals surface area contributed by atoms with Gasteiger partial charge in [-0.3, -0.25) is 9.59 Å². The van der Waals surface area contributed by atoms with Crippen LogP contribution >= 0.6 is 0 Å². The van der Waals surface area contributed by atoms with Crippen LogP contribution < -0.4 is 18.9 Å². The summed E-state index contributed by atoms with van der Waals surface area (Å²) in [7, 11) is 0. The van der Waals surface area contributed by atoms with Crippen LogP contribution in [0.1, 0.15) is 37.8 Å². The van der Waals surface area contributed by atoms with Gasteiger partial charge in [-0.05, 0) is 97.1 Å².